The van der Waals surface area contributed by atoms with Crippen molar-refractivity contribution in [2.75, 3.05) is 0 Å². The molecule has 10 aromatic rings. The summed E-state index contributed by atoms with van der Waals surface area (Å²) in [7, 11) is 0. The van der Waals surface area contributed by atoms with Gasteiger partial charge in [0.1, 0.15) is 0 Å². The van der Waals surface area contributed by atoms with Crippen LogP contribution in [0.15, 0.2) is 188 Å². The Labute approximate surface area is 313 Å². The second-order valence-corrected chi connectivity index (χ2v) is 13.6. The molecule has 0 N–H and O–H groups in total. The Kier molecular flexibility index (Phi) is 7.53. The predicted octanol–water partition coefficient (Wildman–Crippen LogP) is 14.0. The van der Waals surface area contributed by atoms with Gasteiger partial charge >= 0.3 is 0 Å². The fourth-order valence-electron chi connectivity index (χ4n) is 7.96. The lowest BCUT2D eigenvalue weighted by Crippen LogP contribution is -1.98. The van der Waals surface area contributed by atoms with Crippen molar-refractivity contribution in [3.05, 3.63) is 199 Å². The van der Waals surface area contributed by atoms with Gasteiger partial charge in [0.05, 0.1) is 18.0 Å². The van der Waals surface area contributed by atoms with Gasteiger partial charge in [-0.2, -0.15) is 0 Å². The zero-order chi connectivity index (χ0) is 36.0. The normalized spacial score (nSPS) is 11.3. The van der Waals surface area contributed by atoms with Crippen LogP contribution in [-0.2, 0) is 0 Å². The summed E-state index contributed by atoms with van der Waals surface area (Å²) in [5, 5.41) is 9.74. The molecule has 1 heterocycles. The van der Waals surface area contributed by atoms with E-state index in [2.05, 4.69) is 144 Å². The van der Waals surface area contributed by atoms with Crippen molar-refractivity contribution in [1.29, 1.82) is 0 Å². The molecule has 0 atom stereocenters. The van der Waals surface area contributed by atoms with Gasteiger partial charge in [0, 0.05) is 16.7 Å². The van der Waals surface area contributed by atoms with E-state index >= 15 is 0 Å². The molecule has 10 rings (SSSR count). The van der Waals surface area contributed by atoms with Crippen molar-refractivity contribution in [2.24, 2.45) is 0 Å². The maximum absolute atomic E-state index is 7.43. The van der Waals surface area contributed by atoms with E-state index in [9.17, 15) is 0 Å². The van der Waals surface area contributed by atoms with Gasteiger partial charge in [0.25, 0.3) is 0 Å². The predicted molar refractivity (Wildman–Crippen MR) is 225 cm³/mol. The van der Waals surface area contributed by atoms with Gasteiger partial charge < -0.3 is 0 Å². The second kappa shape index (κ2) is 13.0. The monoisotopic (exact) mass is 685 g/mol. The SMILES string of the molecule is [C-]#[N+]c1ccc(-c2ccccc2-c2cc(-c3ccc(-c4c5ccccc5cc5c4ccc4ccccc45)c4ccccc34)nc(-c3ccccc3)n2)cc1. The summed E-state index contributed by atoms with van der Waals surface area (Å²) >= 11 is 0. The minimum Gasteiger partial charge on any atom is -0.238 e. The molecule has 0 radical (unpaired) electrons. The van der Waals surface area contributed by atoms with Crippen molar-refractivity contribution in [2.45, 2.75) is 0 Å². The van der Waals surface area contributed by atoms with Gasteiger partial charge in [-0.05, 0) is 77.5 Å². The molecule has 0 amide bonds. The van der Waals surface area contributed by atoms with Crippen LogP contribution in [0.1, 0.15) is 0 Å². The molecule has 0 bridgehead atoms. The Hall–Kier alpha value is -7.41. The molecule has 3 nitrogen and oxygen atoms in total. The molecule has 0 unspecified atom stereocenters. The Bertz CT molecular complexity index is 3100. The number of aromatic nitrogens is 2. The molecule has 0 saturated carbocycles. The third-order valence-electron chi connectivity index (χ3n) is 10.5. The number of fused-ring (bicyclic) bond motifs is 5. The molecule has 0 spiro atoms. The molecule has 3 heteroatoms. The highest BCUT2D eigenvalue weighted by Gasteiger charge is 2.19. The molecule has 0 aliphatic rings. The molecule has 54 heavy (non-hydrogen) atoms. The van der Waals surface area contributed by atoms with Crippen molar-refractivity contribution in [3.63, 3.8) is 0 Å². The summed E-state index contributed by atoms with van der Waals surface area (Å²) in [6.07, 6.45) is 0. The quantitative estimate of drug-likeness (QED) is 0.103. The minimum atomic E-state index is 0.618. The van der Waals surface area contributed by atoms with E-state index in [0.29, 0.717) is 11.5 Å². The first-order valence-electron chi connectivity index (χ1n) is 18.1. The molecule has 250 valence electrons. The highest BCUT2D eigenvalue weighted by molar-refractivity contribution is 6.23. The van der Waals surface area contributed by atoms with Gasteiger partial charge in [-0.15, -0.1) is 0 Å². The topological polar surface area (TPSA) is 30.1 Å². The Morgan fingerprint density at radius 3 is 1.70 bits per heavy atom. The highest BCUT2D eigenvalue weighted by Crippen LogP contribution is 2.44. The summed E-state index contributed by atoms with van der Waals surface area (Å²) in [4.78, 5) is 14.1. The number of rotatable bonds is 5. The molecular weight excluding hydrogens is 655 g/mol. The van der Waals surface area contributed by atoms with Crippen LogP contribution in [0.4, 0.5) is 5.69 Å². The molecule has 0 aliphatic carbocycles. The van der Waals surface area contributed by atoms with E-state index in [4.69, 9.17) is 16.5 Å². The van der Waals surface area contributed by atoms with Crippen molar-refractivity contribution >= 4 is 48.8 Å². The first-order chi connectivity index (χ1) is 26.7. The zero-order valence-electron chi connectivity index (χ0n) is 29.2. The van der Waals surface area contributed by atoms with E-state index in [1.807, 2.05) is 48.5 Å². The molecular formula is C51H31N3. The van der Waals surface area contributed by atoms with Gasteiger partial charge in [0.2, 0.25) is 0 Å². The second-order valence-electron chi connectivity index (χ2n) is 13.6. The van der Waals surface area contributed by atoms with E-state index in [1.54, 1.807) is 0 Å². The fourth-order valence-corrected chi connectivity index (χ4v) is 7.96. The molecule has 0 saturated heterocycles. The molecule has 0 aliphatic heterocycles. The summed E-state index contributed by atoms with van der Waals surface area (Å²) in [6, 6.07) is 65.9. The van der Waals surface area contributed by atoms with Crippen LogP contribution in [0.25, 0.3) is 104 Å². The summed E-state index contributed by atoms with van der Waals surface area (Å²) in [6.45, 7) is 7.43. The minimum absolute atomic E-state index is 0.618. The van der Waals surface area contributed by atoms with Crippen LogP contribution in [0.2, 0.25) is 0 Å². The van der Waals surface area contributed by atoms with Crippen molar-refractivity contribution < 1.29 is 0 Å². The zero-order valence-corrected chi connectivity index (χ0v) is 29.2. The van der Waals surface area contributed by atoms with Crippen LogP contribution in [0.5, 0.6) is 0 Å². The highest BCUT2D eigenvalue weighted by atomic mass is 14.9. The van der Waals surface area contributed by atoms with Crippen LogP contribution in [0, 0.1) is 6.57 Å². The van der Waals surface area contributed by atoms with Crippen molar-refractivity contribution in [3.8, 4) is 56.2 Å². The summed E-state index contributed by atoms with van der Waals surface area (Å²) in [5.74, 6) is 0.668. The van der Waals surface area contributed by atoms with Gasteiger partial charge in [-0.25, -0.2) is 14.8 Å². The average Bonchev–Trinajstić information content (AvgIpc) is 3.25. The number of benzene rings is 9. The lowest BCUT2D eigenvalue weighted by molar-refractivity contribution is 1.19. The lowest BCUT2D eigenvalue weighted by Gasteiger charge is -2.18. The Morgan fingerprint density at radius 2 is 0.944 bits per heavy atom. The third kappa shape index (κ3) is 5.29. The largest absolute Gasteiger partial charge is 0.238 e. The number of hydrogen-bond donors (Lipinski definition) is 0. The first kappa shape index (κ1) is 31.3. The maximum atomic E-state index is 7.43. The lowest BCUT2D eigenvalue weighted by atomic mass is 9.86. The van der Waals surface area contributed by atoms with Gasteiger partial charge in [-0.1, -0.05) is 176 Å². The Morgan fingerprint density at radius 1 is 0.352 bits per heavy atom. The number of hydrogen-bond acceptors (Lipinski definition) is 2. The van der Waals surface area contributed by atoms with Crippen LogP contribution in [0.3, 0.4) is 0 Å². The fraction of sp³-hybridized carbons (Fsp3) is 0. The first-order valence-corrected chi connectivity index (χ1v) is 18.1. The summed E-state index contributed by atoms with van der Waals surface area (Å²) in [5.41, 5.74) is 9.82. The van der Waals surface area contributed by atoms with E-state index in [-0.39, 0.29) is 0 Å². The average molecular weight is 686 g/mol. The van der Waals surface area contributed by atoms with Crippen molar-refractivity contribution in [1.82, 2.24) is 9.97 Å². The summed E-state index contributed by atoms with van der Waals surface area (Å²) < 4.78 is 0. The molecule has 9 aromatic carbocycles. The van der Waals surface area contributed by atoms with Crippen LogP contribution < -0.4 is 0 Å². The smallest absolute Gasteiger partial charge is 0.187 e. The van der Waals surface area contributed by atoms with Crippen LogP contribution >= 0.6 is 0 Å². The third-order valence-corrected chi connectivity index (χ3v) is 10.5. The molecule has 0 fully saturated rings. The standard InChI is InChI=1S/C51H31N3/c1-52-37-26-23-34(24-27-37)38-17-9-12-22-43(38)48-32-49(54-51(53-48)35-14-3-2-4-15-35)44-29-30-45(42-21-11-10-20-41(42)44)50-40-19-8-6-16-36(40)31-47-39-18-7-5-13-33(39)25-28-46(47)50/h2-32H. The van der Waals surface area contributed by atoms with Crippen LogP contribution in [-0.4, -0.2) is 9.97 Å². The maximum Gasteiger partial charge on any atom is 0.187 e. The molecule has 1 aromatic heterocycles. The van der Waals surface area contributed by atoms with Gasteiger partial charge in [-0.3, -0.25) is 0 Å². The van der Waals surface area contributed by atoms with Gasteiger partial charge in [0.15, 0.2) is 11.5 Å². The van der Waals surface area contributed by atoms with E-state index in [0.717, 1.165) is 44.6 Å². The number of nitrogens with zero attached hydrogens (tertiary/aromatic N) is 3. The van der Waals surface area contributed by atoms with E-state index in [1.165, 1.54) is 48.8 Å². The van der Waals surface area contributed by atoms with E-state index < -0.39 is 0 Å². The Balaban J connectivity index is 1.22.